The molecule has 0 bridgehead atoms. The third-order valence-corrected chi connectivity index (χ3v) is 3.57. The largest absolute Gasteiger partial charge is 0.361 e. The van der Waals surface area contributed by atoms with Gasteiger partial charge in [-0.05, 0) is 16.3 Å². The number of Topliss-reactive ketones (excluding diaryl/α,β-unsaturated/α-hetero) is 1. The maximum absolute atomic E-state index is 11.4. The van der Waals surface area contributed by atoms with Crippen LogP contribution in [0, 0.1) is 0 Å². The molecule has 0 radical (unpaired) electrons. The fourth-order valence-electron chi connectivity index (χ4n) is 2.15. The van der Waals surface area contributed by atoms with Crippen molar-refractivity contribution in [2.24, 2.45) is 0 Å². The molecule has 1 heterocycles. The number of hydrogen-bond donors (Lipinski definition) is 0. The zero-order chi connectivity index (χ0) is 11.8. The van der Waals surface area contributed by atoms with Crippen LogP contribution in [0.5, 0.6) is 0 Å². The Morgan fingerprint density at radius 3 is 2.65 bits per heavy atom. The molecule has 1 saturated heterocycles. The van der Waals surface area contributed by atoms with Gasteiger partial charge in [-0.25, -0.2) is 0 Å². The van der Waals surface area contributed by atoms with Crippen LogP contribution in [0.3, 0.4) is 0 Å². The van der Waals surface area contributed by atoms with E-state index in [1.807, 2.05) is 42.5 Å². The fourth-order valence-corrected chi connectivity index (χ4v) is 2.55. The minimum absolute atomic E-state index is 0.0814. The van der Waals surface area contributed by atoms with Gasteiger partial charge in [0.2, 0.25) is 0 Å². The molecule has 0 aromatic heterocycles. The zero-order valence-electron chi connectivity index (χ0n) is 9.10. The van der Waals surface area contributed by atoms with Gasteiger partial charge in [-0.3, -0.25) is 4.79 Å². The maximum atomic E-state index is 11.4. The van der Waals surface area contributed by atoms with Gasteiger partial charge in [-0.1, -0.05) is 42.5 Å². The summed E-state index contributed by atoms with van der Waals surface area (Å²) in [6.45, 7) is 0.193. The molecule has 0 spiro atoms. The van der Waals surface area contributed by atoms with Crippen molar-refractivity contribution >= 4 is 28.2 Å². The van der Waals surface area contributed by atoms with Crippen molar-refractivity contribution in [3.05, 3.63) is 48.0 Å². The van der Waals surface area contributed by atoms with Crippen LogP contribution in [0.1, 0.15) is 10.9 Å². The lowest BCUT2D eigenvalue weighted by Gasteiger charge is -2.29. The Morgan fingerprint density at radius 2 is 1.94 bits per heavy atom. The third kappa shape index (κ3) is 1.74. The minimum atomic E-state index is -0.484. The van der Waals surface area contributed by atoms with Gasteiger partial charge in [0.15, 0.2) is 5.78 Å². The number of benzene rings is 2. The van der Waals surface area contributed by atoms with Crippen LogP contribution in [0.2, 0.25) is 0 Å². The molecule has 2 nitrogen and oxygen atoms in total. The summed E-state index contributed by atoms with van der Waals surface area (Å²) in [6.07, 6.45) is -0.484. The van der Waals surface area contributed by atoms with Crippen LogP contribution in [-0.4, -0.2) is 18.5 Å². The molecule has 1 aliphatic rings. The summed E-state index contributed by atoms with van der Waals surface area (Å²) >= 11 is 6.34. The van der Waals surface area contributed by atoms with Gasteiger partial charge in [0.05, 0.1) is 5.38 Å². The second-order valence-electron chi connectivity index (χ2n) is 4.17. The van der Waals surface area contributed by atoms with Gasteiger partial charge in [0.25, 0.3) is 0 Å². The van der Waals surface area contributed by atoms with Gasteiger partial charge in [0.1, 0.15) is 12.7 Å². The highest BCUT2D eigenvalue weighted by Crippen LogP contribution is 2.35. The van der Waals surface area contributed by atoms with E-state index in [1.54, 1.807) is 0 Å². The lowest BCUT2D eigenvalue weighted by atomic mass is 9.96. The highest BCUT2D eigenvalue weighted by Gasteiger charge is 2.37. The molecule has 0 N–H and O–H groups in total. The second kappa shape index (κ2) is 4.13. The first-order valence-corrected chi connectivity index (χ1v) is 5.97. The Morgan fingerprint density at radius 1 is 1.18 bits per heavy atom. The number of ether oxygens (including phenoxy) is 1. The third-order valence-electron chi connectivity index (χ3n) is 3.11. The van der Waals surface area contributed by atoms with Gasteiger partial charge < -0.3 is 4.74 Å². The number of carbonyl (C=O) groups excluding carboxylic acids is 1. The molecule has 0 saturated carbocycles. The Labute approximate surface area is 104 Å². The van der Waals surface area contributed by atoms with Crippen molar-refractivity contribution in [3.63, 3.8) is 0 Å². The van der Waals surface area contributed by atoms with Crippen molar-refractivity contribution in [3.8, 4) is 0 Å². The summed E-state index contributed by atoms with van der Waals surface area (Å²) in [5.41, 5.74) is 0.961. The fraction of sp³-hybridized carbons (Fsp3) is 0.214. The van der Waals surface area contributed by atoms with Crippen LogP contribution >= 0.6 is 11.6 Å². The number of fused-ring (bicyclic) bond motifs is 1. The van der Waals surface area contributed by atoms with E-state index in [4.69, 9.17) is 16.3 Å². The normalized spacial score (nSPS) is 21.2. The molecule has 2 aromatic carbocycles. The first kappa shape index (κ1) is 10.8. The summed E-state index contributed by atoms with van der Waals surface area (Å²) in [6, 6.07) is 13.9. The summed E-state index contributed by atoms with van der Waals surface area (Å²) in [5, 5.41) is 1.81. The number of hydrogen-bond acceptors (Lipinski definition) is 2. The standard InChI is InChI=1S/C14H11ClO2/c15-13(14-12(16)8-17-14)11-7-3-5-9-4-1-2-6-10(9)11/h1-7,13-14H,8H2/t13-,14-/m0/s1. The molecule has 17 heavy (non-hydrogen) atoms. The molecular formula is C14H11ClO2. The SMILES string of the molecule is O=C1CO[C@@H]1[C@@H](Cl)c1cccc2ccccc12. The van der Waals surface area contributed by atoms with E-state index in [0.717, 1.165) is 16.3 Å². The van der Waals surface area contributed by atoms with Gasteiger partial charge in [-0.15, -0.1) is 11.6 Å². The highest BCUT2D eigenvalue weighted by molar-refractivity contribution is 6.24. The monoisotopic (exact) mass is 246 g/mol. The quantitative estimate of drug-likeness (QED) is 0.762. The van der Waals surface area contributed by atoms with E-state index < -0.39 is 11.5 Å². The predicted molar refractivity (Wildman–Crippen MR) is 67.3 cm³/mol. The number of alkyl halides is 1. The van der Waals surface area contributed by atoms with Crippen LogP contribution in [0.4, 0.5) is 0 Å². The van der Waals surface area contributed by atoms with Gasteiger partial charge in [-0.2, -0.15) is 0 Å². The van der Waals surface area contributed by atoms with Crippen LogP contribution in [0.15, 0.2) is 42.5 Å². The molecule has 3 rings (SSSR count). The average Bonchev–Trinajstić information content (AvgIpc) is 2.36. The van der Waals surface area contributed by atoms with Gasteiger partial charge >= 0.3 is 0 Å². The zero-order valence-corrected chi connectivity index (χ0v) is 9.85. The van der Waals surface area contributed by atoms with E-state index in [0.29, 0.717) is 0 Å². The van der Waals surface area contributed by atoms with Crippen molar-refractivity contribution in [2.75, 3.05) is 6.61 Å². The number of halogens is 1. The van der Waals surface area contributed by atoms with Crippen molar-refractivity contribution in [1.82, 2.24) is 0 Å². The Hall–Kier alpha value is -1.38. The average molecular weight is 247 g/mol. The lowest BCUT2D eigenvalue weighted by molar-refractivity contribution is -0.154. The Balaban J connectivity index is 2.07. The number of ketones is 1. The first-order chi connectivity index (χ1) is 8.27. The Kier molecular flexibility index (Phi) is 2.61. The number of rotatable bonds is 2. The lowest BCUT2D eigenvalue weighted by Crippen LogP contribution is -2.43. The molecule has 3 heteroatoms. The molecule has 2 aromatic rings. The maximum Gasteiger partial charge on any atom is 0.189 e. The summed E-state index contributed by atoms with van der Waals surface area (Å²) in [7, 11) is 0. The summed E-state index contributed by atoms with van der Waals surface area (Å²) < 4.78 is 5.23. The minimum Gasteiger partial charge on any atom is -0.361 e. The van der Waals surface area contributed by atoms with E-state index in [1.165, 1.54) is 0 Å². The molecule has 2 atom stereocenters. The highest BCUT2D eigenvalue weighted by atomic mass is 35.5. The molecular weight excluding hydrogens is 236 g/mol. The number of carbonyl (C=O) groups is 1. The summed E-state index contributed by atoms with van der Waals surface area (Å²) in [5.74, 6) is 0.0814. The van der Waals surface area contributed by atoms with E-state index in [2.05, 4.69) is 0 Å². The van der Waals surface area contributed by atoms with Crippen LogP contribution in [0.25, 0.3) is 10.8 Å². The van der Waals surface area contributed by atoms with Crippen molar-refractivity contribution in [2.45, 2.75) is 11.5 Å². The predicted octanol–water partition coefficient (Wildman–Crippen LogP) is 3.09. The second-order valence-corrected chi connectivity index (χ2v) is 4.64. The van der Waals surface area contributed by atoms with Crippen LogP contribution < -0.4 is 0 Å². The van der Waals surface area contributed by atoms with E-state index in [9.17, 15) is 4.79 Å². The van der Waals surface area contributed by atoms with Crippen molar-refractivity contribution < 1.29 is 9.53 Å². The molecule has 1 aliphatic heterocycles. The van der Waals surface area contributed by atoms with E-state index in [-0.39, 0.29) is 12.4 Å². The molecule has 0 aliphatic carbocycles. The topological polar surface area (TPSA) is 26.3 Å². The molecule has 0 amide bonds. The van der Waals surface area contributed by atoms with Crippen LogP contribution in [-0.2, 0) is 9.53 Å². The Bertz CT molecular complexity index is 574. The smallest absolute Gasteiger partial charge is 0.189 e. The molecule has 86 valence electrons. The van der Waals surface area contributed by atoms with Crippen molar-refractivity contribution in [1.29, 1.82) is 0 Å². The summed E-state index contributed by atoms with van der Waals surface area (Å²) in [4.78, 5) is 11.4. The first-order valence-electron chi connectivity index (χ1n) is 5.53. The van der Waals surface area contributed by atoms with E-state index >= 15 is 0 Å². The van der Waals surface area contributed by atoms with Gasteiger partial charge in [0, 0.05) is 0 Å². The molecule has 0 unspecified atom stereocenters. The molecule has 1 fully saturated rings.